The average molecular weight is 751 g/mol. The lowest BCUT2D eigenvalue weighted by Gasteiger charge is -2.46. The van der Waals surface area contributed by atoms with Gasteiger partial charge in [-0.3, -0.25) is 15.1 Å². The van der Waals surface area contributed by atoms with Crippen molar-refractivity contribution in [3.05, 3.63) is 71.6 Å². The zero-order valence-corrected chi connectivity index (χ0v) is 29.3. The van der Waals surface area contributed by atoms with Crippen molar-refractivity contribution in [3.63, 3.8) is 0 Å². The molecule has 19 heteroatoms. The van der Waals surface area contributed by atoms with Gasteiger partial charge in [0, 0.05) is 5.41 Å². The molecule has 3 heterocycles. The quantitative estimate of drug-likeness (QED) is 0.202. The predicted octanol–water partition coefficient (Wildman–Crippen LogP) is 6.36. The van der Waals surface area contributed by atoms with E-state index in [0.29, 0.717) is 12.1 Å². The normalized spacial score (nSPS) is 23.4. The first kappa shape index (κ1) is 36.9. The summed E-state index contributed by atoms with van der Waals surface area (Å²) < 4.78 is 74.8. The minimum Gasteiger partial charge on any atom is -0.447 e. The summed E-state index contributed by atoms with van der Waals surface area (Å²) in [6.07, 6.45) is 0.200. The minimum atomic E-state index is -4.72. The number of guanidine groups is 1. The largest absolute Gasteiger partial charge is 0.447 e. The van der Waals surface area contributed by atoms with Crippen molar-refractivity contribution in [1.82, 2.24) is 45.3 Å². The van der Waals surface area contributed by atoms with E-state index in [1.807, 2.05) is 45.2 Å². The van der Waals surface area contributed by atoms with Crippen molar-refractivity contribution in [2.24, 2.45) is 10.8 Å². The van der Waals surface area contributed by atoms with E-state index in [2.05, 4.69) is 25.6 Å². The van der Waals surface area contributed by atoms with Crippen molar-refractivity contribution in [1.29, 1.82) is 5.41 Å². The van der Waals surface area contributed by atoms with Crippen molar-refractivity contribution < 1.29 is 36.3 Å². The fraction of sp³-hybridized carbons (Fsp3) is 0.485. The van der Waals surface area contributed by atoms with Gasteiger partial charge in [-0.1, -0.05) is 57.5 Å². The number of allylic oxidation sites excluding steroid dienone is 3. The Labute approximate surface area is 299 Å². The van der Waals surface area contributed by atoms with Gasteiger partial charge in [-0.25, -0.2) is 23.2 Å². The van der Waals surface area contributed by atoms with Crippen LogP contribution in [0, 0.1) is 16.2 Å². The molecule has 3 atom stereocenters. The van der Waals surface area contributed by atoms with Crippen LogP contribution in [0.4, 0.5) is 26.7 Å². The molecule has 1 saturated carbocycles. The molecule has 3 aromatic rings. The Balaban J connectivity index is 1.40. The second-order valence-electron chi connectivity index (χ2n) is 14.6. The number of nitrogens with zero attached hydrogens (tertiary/aromatic N) is 7. The Morgan fingerprint density at radius 1 is 1.15 bits per heavy atom. The van der Waals surface area contributed by atoms with Crippen LogP contribution in [0.3, 0.4) is 0 Å². The zero-order chi connectivity index (χ0) is 37.9. The van der Waals surface area contributed by atoms with Crippen LogP contribution in [0.15, 0.2) is 55.1 Å². The van der Waals surface area contributed by atoms with Gasteiger partial charge in [0.15, 0.2) is 11.8 Å². The number of alkyl halides is 5. The molecule has 278 valence electrons. The summed E-state index contributed by atoms with van der Waals surface area (Å²) in [4.78, 5) is 34.0. The Morgan fingerprint density at radius 2 is 1.85 bits per heavy atom. The van der Waals surface area contributed by atoms with Crippen molar-refractivity contribution in [2.75, 3.05) is 6.61 Å². The lowest BCUT2D eigenvalue weighted by atomic mass is 9.61. The van der Waals surface area contributed by atoms with Crippen LogP contribution in [0.25, 0.3) is 11.4 Å². The molecule has 2 amide bonds. The van der Waals surface area contributed by atoms with Gasteiger partial charge in [0.25, 0.3) is 12.3 Å². The minimum absolute atomic E-state index is 0.0217. The van der Waals surface area contributed by atoms with E-state index in [4.69, 9.17) is 21.7 Å². The van der Waals surface area contributed by atoms with Gasteiger partial charge in [-0.2, -0.15) is 33.3 Å². The standard InChI is InChI=1S/C33H36ClF5N10O3/c1-29(2,3)17-32(30(4)9-7-20(8-10-30)49-42-13-14-43-49)26(50)47(27(40)45-32)23(16-52-28(51)46-31(11-12-31)33(37,38)39)19-5-6-21(34)22(15-19)48-25(24(35)36)41-18-44-48/h5-9,13-15,18,23-24H,10-12,16-17H2,1-4H3,(H2,40,45)(H,46,51)/t23-,30?,32+/m1/s1. The fourth-order valence-corrected chi connectivity index (χ4v) is 6.95. The summed E-state index contributed by atoms with van der Waals surface area (Å²) in [6, 6.07) is 2.77. The molecule has 1 saturated heterocycles. The van der Waals surface area contributed by atoms with Gasteiger partial charge < -0.3 is 15.4 Å². The lowest BCUT2D eigenvalue weighted by Crippen LogP contribution is -2.60. The number of nitrogens with one attached hydrogen (secondary N) is 3. The summed E-state index contributed by atoms with van der Waals surface area (Å²) >= 11 is 6.43. The van der Waals surface area contributed by atoms with E-state index in [0.717, 1.165) is 15.9 Å². The highest BCUT2D eigenvalue weighted by molar-refractivity contribution is 6.32. The first-order valence-corrected chi connectivity index (χ1v) is 16.6. The molecule has 1 unspecified atom stereocenters. The van der Waals surface area contributed by atoms with Gasteiger partial charge in [-0.15, -0.1) is 0 Å². The summed E-state index contributed by atoms with van der Waals surface area (Å²) in [5, 5.41) is 26.4. The fourth-order valence-electron chi connectivity index (χ4n) is 6.75. The van der Waals surface area contributed by atoms with E-state index < -0.39 is 65.0 Å². The summed E-state index contributed by atoms with van der Waals surface area (Å²) in [5.41, 5.74) is -4.57. The van der Waals surface area contributed by atoms with Crippen molar-refractivity contribution >= 4 is 35.3 Å². The molecule has 2 aliphatic carbocycles. The molecule has 1 aliphatic heterocycles. The number of carbonyl (C=O) groups is 2. The summed E-state index contributed by atoms with van der Waals surface area (Å²) in [7, 11) is 0. The van der Waals surface area contributed by atoms with Crippen LogP contribution in [0.1, 0.15) is 77.2 Å². The number of benzene rings is 1. The smallest absolute Gasteiger partial charge is 0.411 e. The van der Waals surface area contributed by atoms with E-state index in [1.54, 1.807) is 6.08 Å². The highest BCUT2D eigenvalue weighted by atomic mass is 35.5. The Morgan fingerprint density at radius 3 is 2.42 bits per heavy atom. The molecular weight excluding hydrogens is 715 g/mol. The van der Waals surface area contributed by atoms with Gasteiger partial charge in [-0.05, 0) is 54.9 Å². The van der Waals surface area contributed by atoms with E-state index >= 15 is 4.79 Å². The second-order valence-corrected chi connectivity index (χ2v) is 15.0. The molecule has 1 aromatic carbocycles. The van der Waals surface area contributed by atoms with Crippen LogP contribution in [0.2, 0.25) is 5.02 Å². The molecule has 2 fully saturated rings. The predicted molar refractivity (Wildman–Crippen MR) is 177 cm³/mol. The third-order valence-electron chi connectivity index (χ3n) is 9.60. The summed E-state index contributed by atoms with van der Waals surface area (Å²) in [5.74, 6) is -1.68. The molecule has 52 heavy (non-hydrogen) atoms. The molecule has 0 radical (unpaired) electrons. The molecule has 0 bridgehead atoms. The molecule has 6 rings (SSSR count). The number of ether oxygens (including phenoxy) is 1. The molecule has 2 aromatic heterocycles. The molecular formula is C33H36ClF5N10O3. The molecule has 0 spiro atoms. The van der Waals surface area contributed by atoms with Crippen molar-refractivity contribution in [3.8, 4) is 5.69 Å². The van der Waals surface area contributed by atoms with Gasteiger partial charge >= 0.3 is 12.3 Å². The number of alkyl carbamates (subject to hydrolysis) is 1. The number of hydrogen-bond donors (Lipinski definition) is 3. The first-order valence-electron chi connectivity index (χ1n) is 16.3. The van der Waals surface area contributed by atoms with Crippen LogP contribution in [0.5, 0.6) is 0 Å². The van der Waals surface area contributed by atoms with Crippen LogP contribution in [-0.2, 0) is 9.53 Å². The number of hydrogen-bond acceptors (Lipinski definition) is 8. The Bertz CT molecular complexity index is 1940. The van der Waals surface area contributed by atoms with Gasteiger partial charge in [0.1, 0.15) is 24.0 Å². The summed E-state index contributed by atoms with van der Waals surface area (Å²) in [6.45, 7) is 6.95. The van der Waals surface area contributed by atoms with E-state index in [1.165, 1.54) is 35.4 Å². The van der Waals surface area contributed by atoms with Gasteiger partial charge in [0.2, 0.25) is 0 Å². The van der Waals surface area contributed by atoms with Crippen LogP contribution >= 0.6 is 11.6 Å². The number of halogens is 6. The molecule has 13 nitrogen and oxygen atoms in total. The van der Waals surface area contributed by atoms with Crippen LogP contribution < -0.4 is 10.6 Å². The number of rotatable bonds is 10. The second kappa shape index (κ2) is 13.0. The Kier molecular flexibility index (Phi) is 9.20. The number of aromatic nitrogens is 6. The maximum atomic E-state index is 15.1. The third-order valence-corrected chi connectivity index (χ3v) is 9.92. The number of amides is 2. The number of carbonyl (C=O) groups excluding carboxylic acids is 2. The first-order chi connectivity index (χ1) is 24.3. The molecule has 3 aliphatic rings. The average Bonchev–Trinajstić information content (AvgIpc) is 3.38. The van der Waals surface area contributed by atoms with Crippen LogP contribution in [-0.4, -0.2) is 76.5 Å². The van der Waals surface area contributed by atoms with Crippen molar-refractivity contribution in [2.45, 2.75) is 83.1 Å². The molecule has 3 N–H and O–H groups in total. The SMILES string of the molecule is CC(C)(C)C[C@]1(C2(C)C=CC(n3nccn3)=CC2)NC(=N)N([C@H](COC(=O)NC2(C(F)(F)F)CC2)c2ccc(Cl)c(-n3ncnc3C(F)F)c2)C1=O. The maximum Gasteiger partial charge on any atom is 0.411 e. The maximum absolute atomic E-state index is 15.1. The highest BCUT2D eigenvalue weighted by Crippen LogP contribution is 2.51. The third kappa shape index (κ3) is 6.63. The Hall–Kier alpha value is -4.87. The monoisotopic (exact) mass is 750 g/mol. The van der Waals surface area contributed by atoms with Gasteiger partial charge in [0.05, 0.1) is 34.8 Å². The van der Waals surface area contributed by atoms with E-state index in [9.17, 15) is 26.7 Å². The lowest BCUT2D eigenvalue weighted by molar-refractivity contribution is -0.164. The zero-order valence-electron chi connectivity index (χ0n) is 28.5. The van der Waals surface area contributed by atoms with E-state index in [-0.39, 0.29) is 41.5 Å². The topological polar surface area (TPSA) is 156 Å². The highest BCUT2D eigenvalue weighted by Gasteiger charge is 2.65.